The van der Waals surface area contributed by atoms with Crippen molar-refractivity contribution in [2.45, 2.75) is 246 Å². The van der Waals surface area contributed by atoms with E-state index in [2.05, 4.69) is 13.8 Å². The predicted molar refractivity (Wildman–Crippen MR) is 241 cm³/mol. The summed E-state index contributed by atoms with van der Waals surface area (Å²) in [6.07, 6.45) is 41.6. The molecule has 0 bridgehead atoms. The van der Waals surface area contributed by atoms with Gasteiger partial charge in [0.1, 0.15) is 11.5 Å². The topological polar surface area (TPSA) is 74.6 Å². The highest BCUT2D eigenvalue weighted by atomic mass is 16.3. The highest BCUT2D eigenvalue weighted by Crippen LogP contribution is 2.32. The molecule has 0 atom stereocenters. The van der Waals surface area contributed by atoms with Crippen LogP contribution in [-0.2, 0) is 6.42 Å². The van der Waals surface area contributed by atoms with E-state index in [9.17, 15) is 19.8 Å². The molecule has 0 heterocycles. The maximum atomic E-state index is 13.2. The van der Waals surface area contributed by atoms with Crippen molar-refractivity contribution in [3.63, 3.8) is 0 Å². The summed E-state index contributed by atoms with van der Waals surface area (Å²) in [6, 6.07) is 7.15. The Labute approximate surface area is 345 Å². The molecule has 0 saturated carbocycles. The second-order valence-electron chi connectivity index (χ2n) is 17.4. The normalized spacial score (nSPS) is 11.4. The molecule has 0 aliphatic heterocycles. The fourth-order valence-corrected chi connectivity index (χ4v) is 8.28. The van der Waals surface area contributed by atoms with Gasteiger partial charge in [-0.3, -0.25) is 9.59 Å². The van der Waals surface area contributed by atoms with Gasteiger partial charge >= 0.3 is 0 Å². The van der Waals surface area contributed by atoms with Crippen LogP contribution in [0, 0.1) is 13.8 Å². The second-order valence-corrected chi connectivity index (χ2v) is 17.4. The number of hydrogen-bond donors (Lipinski definition) is 2. The first-order valence-corrected chi connectivity index (χ1v) is 24.0. The van der Waals surface area contributed by atoms with Crippen LogP contribution >= 0.6 is 0 Å². The number of carbonyl (C=O) groups is 2. The summed E-state index contributed by atoms with van der Waals surface area (Å²) < 4.78 is 0. The van der Waals surface area contributed by atoms with Crippen LogP contribution in [0.4, 0.5) is 0 Å². The van der Waals surface area contributed by atoms with Gasteiger partial charge in [-0.25, -0.2) is 0 Å². The van der Waals surface area contributed by atoms with Gasteiger partial charge < -0.3 is 10.2 Å². The lowest BCUT2D eigenvalue weighted by molar-refractivity contribution is 0.0971. The molecular weight excluding hydrogens is 689 g/mol. The molecule has 0 spiro atoms. The molecule has 2 N–H and O–H groups in total. The van der Waals surface area contributed by atoms with Crippen molar-refractivity contribution in [2.24, 2.45) is 0 Å². The zero-order valence-electron chi connectivity index (χ0n) is 37.1. The fourth-order valence-electron chi connectivity index (χ4n) is 8.28. The van der Waals surface area contributed by atoms with Gasteiger partial charge in [0.25, 0.3) is 0 Å². The molecule has 0 aromatic heterocycles. The van der Waals surface area contributed by atoms with E-state index in [1.807, 2.05) is 13.8 Å². The van der Waals surface area contributed by atoms with Gasteiger partial charge in [-0.15, -0.1) is 0 Å². The second kappa shape index (κ2) is 32.3. The van der Waals surface area contributed by atoms with Crippen LogP contribution in [0.2, 0.25) is 0 Å². The first-order chi connectivity index (χ1) is 27.3. The van der Waals surface area contributed by atoms with E-state index in [4.69, 9.17) is 0 Å². The summed E-state index contributed by atoms with van der Waals surface area (Å²) in [5.41, 5.74) is 3.79. The molecule has 318 valence electrons. The highest BCUT2D eigenvalue weighted by Gasteiger charge is 2.17. The molecular formula is C52H86O4. The van der Waals surface area contributed by atoms with Crippen molar-refractivity contribution in [3.05, 3.63) is 57.6 Å². The van der Waals surface area contributed by atoms with Crippen molar-refractivity contribution in [3.8, 4) is 11.5 Å². The Morgan fingerprint density at radius 2 is 0.607 bits per heavy atom. The summed E-state index contributed by atoms with van der Waals surface area (Å²) in [5.74, 6) is 0.505. The number of rotatable bonds is 37. The molecule has 4 nitrogen and oxygen atoms in total. The Morgan fingerprint density at radius 3 is 0.857 bits per heavy atom. The van der Waals surface area contributed by atoms with Crippen molar-refractivity contribution in [1.82, 2.24) is 0 Å². The zero-order valence-corrected chi connectivity index (χ0v) is 37.1. The minimum atomic E-state index is 0.104. The Hall–Kier alpha value is -2.62. The smallest absolute Gasteiger partial charge is 0.162 e. The SMILES string of the molecule is CCCCCCCCCCCCCCCCCCC(=O)c1cc(C)c(O)c(Cc2cc(C(=O)CCCCCCCCCCCCCCCCC)cc(C)c2O)c1. The minimum absolute atomic E-state index is 0.104. The van der Waals surface area contributed by atoms with E-state index < -0.39 is 0 Å². The lowest BCUT2D eigenvalue weighted by Crippen LogP contribution is -2.04. The third-order valence-corrected chi connectivity index (χ3v) is 12.0. The summed E-state index contributed by atoms with van der Waals surface area (Å²) in [5, 5.41) is 21.9. The molecule has 0 aliphatic carbocycles. The fraction of sp³-hybridized carbons (Fsp3) is 0.731. The molecule has 56 heavy (non-hydrogen) atoms. The highest BCUT2D eigenvalue weighted by molar-refractivity contribution is 5.97. The van der Waals surface area contributed by atoms with Crippen LogP contribution in [0.15, 0.2) is 24.3 Å². The van der Waals surface area contributed by atoms with Crippen LogP contribution in [0.3, 0.4) is 0 Å². The Kier molecular flexibility index (Phi) is 28.6. The summed E-state index contributed by atoms with van der Waals surface area (Å²) in [4.78, 5) is 26.5. The molecule has 0 amide bonds. The third-order valence-electron chi connectivity index (χ3n) is 12.0. The van der Waals surface area contributed by atoms with Gasteiger partial charge in [0, 0.05) is 30.4 Å². The van der Waals surface area contributed by atoms with Crippen LogP contribution in [0.5, 0.6) is 11.5 Å². The monoisotopic (exact) mass is 775 g/mol. The molecule has 4 heteroatoms. The van der Waals surface area contributed by atoms with Crippen LogP contribution in [-0.4, -0.2) is 21.8 Å². The molecule has 2 aromatic carbocycles. The standard InChI is InChI=1S/C52H86O4/c1-5-7-9-11-13-15-17-19-21-23-25-27-29-31-33-35-37-50(54)46-39-44(4)52(56)48(41-46)42-47-40-45(38-43(3)51(47)55)49(53)36-34-32-30-28-26-24-22-20-18-16-14-12-10-8-6-2/h38-41,55-56H,5-37,42H2,1-4H3. The molecule has 0 unspecified atom stereocenters. The number of Topliss-reactive ketones (excluding diaryl/α,β-unsaturated/α-hetero) is 2. The van der Waals surface area contributed by atoms with Gasteiger partial charge in [-0.05, 0) is 73.2 Å². The van der Waals surface area contributed by atoms with Crippen molar-refractivity contribution in [2.75, 3.05) is 0 Å². The Bertz CT molecular complexity index is 1330. The van der Waals surface area contributed by atoms with E-state index >= 15 is 0 Å². The molecule has 2 rings (SSSR count). The maximum absolute atomic E-state index is 13.2. The van der Waals surface area contributed by atoms with Crippen LogP contribution < -0.4 is 0 Å². The lowest BCUT2D eigenvalue weighted by atomic mass is 9.92. The van der Waals surface area contributed by atoms with E-state index in [-0.39, 0.29) is 29.5 Å². The van der Waals surface area contributed by atoms with Gasteiger partial charge in [-0.1, -0.05) is 200 Å². The summed E-state index contributed by atoms with van der Waals surface area (Å²) in [6.45, 7) is 8.20. The molecule has 0 aliphatic rings. The van der Waals surface area contributed by atoms with Crippen LogP contribution in [0.25, 0.3) is 0 Å². The van der Waals surface area contributed by atoms with Gasteiger partial charge in [0.05, 0.1) is 0 Å². The number of phenolic OH excluding ortho intramolecular Hbond substituents is 2. The molecule has 2 aromatic rings. The van der Waals surface area contributed by atoms with E-state index in [0.717, 1.165) is 25.7 Å². The number of aromatic hydroxyl groups is 2. The van der Waals surface area contributed by atoms with Gasteiger partial charge in [-0.2, -0.15) is 0 Å². The van der Waals surface area contributed by atoms with Crippen LogP contribution in [0.1, 0.15) is 269 Å². The Balaban J connectivity index is 1.68. The number of aryl methyl sites for hydroxylation is 2. The minimum Gasteiger partial charge on any atom is -0.507 e. The summed E-state index contributed by atoms with van der Waals surface area (Å²) in [7, 11) is 0. The van der Waals surface area contributed by atoms with Gasteiger partial charge in [0.2, 0.25) is 0 Å². The number of phenols is 2. The number of ketones is 2. The zero-order chi connectivity index (χ0) is 40.6. The first kappa shape index (κ1) is 49.5. The third kappa shape index (κ3) is 22.4. The quantitative estimate of drug-likeness (QED) is 0.0529. The first-order valence-electron chi connectivity index (χ1n) is 24.0. The summed E-state index contributed by atoms with van der Waals surface area (Å²) >= 11 is 0. The van der Waals surface area contributed by atoms with Crippen molar-refractivity contribution in [1.29, 1.82) is 0 Å². The van der Waals surface area contributed by atoms with Gasteiger partial charge in [0.15, 0.2) is 11.6 Å². The number of hydrogen-bond acceptors (Lipinski definition) is 4. The largest absolute Gasteiger partial charge is 0.507 e. The lowest BCUT2D eigenvalue weighted by Gasteiger charge is -2.14. The predicted octanol–water partition coefficient (Wildman–Crippen LogP) is 16.6. The maximum Gasteiger partial charge on any atom is 0.162 e. The van der Waals surface area contributed by atoms with E-state index in [1.54, 1.807) is 24.3 Å². The Morgan fingerprint density at radius 1 is 0.375 bits per heavy atom. The van der Waals surface area contributed by atoms with E-state index in [1.165, 1.54) is 173 Å². The average molecular weight is 775 g/mol. The van der Waals surface area contributed by atoms with E-state index in [0.29, 0.717) is 46.2 Å². The molecule has 0 saturated heterocycles. The molecule has 0 radical (unpaired) electrons. The number of benzene rings is 2. The molecule has 0 fully saturated rings. The number of carbonyl (C=O) groups excluding carboxylic acids is 2. The number of unbranched alkanes of at least 4 members (excludes halogenated alkanes) is 29. The van der Waals surface area contributed by atoms with Crippen molar-refractivity contribution >= 4 is 11.6 Å². The average Bonchev–Trinajstić information content (AvgIpc) is 3.19. The van der Waals surface area contributed by atoms with Crippen molar-refractivity contribution < 1.29 is 19.8 Å².